The molecular formula is C31H35N3O6. The predicted octanol–water partition coefficient (Wildman–Crippen LogP) is 4.67. The number of amides is 1. The van der Waals surface area contributed by atoms with Gasteiger partial charge in [-0.25, -0.2) is 14.6 Å². The van der Waals surface area contributed by atoms with Crippen LogP contribution in [0.5, 0.6) is 5.75 Å². The smallest absolute Gasteiger partial charge is 0.440 e. The van der Waals surface area contributed by atoms with Crippen LogP contribution in [0, 0.1) is 6.92 Å². The molecule has 0 saturated carbocycles. The van der Waals surface area contributed by atoms with Crippen molar-refractivity contribution >= 4 is 5.91 Å². The first-order valence-electron chi connectivity index (χ1n) is 13.2. The van der Waals surface area contributed by atoms with Crippen LogP contribution in [0.25, 0.3) is 11.1 Å². The molecule has 0 aliphatic heterocycles. The summed E-state index contributed by atoms with van der Waals surface area (Å²) in [4.78, 5) is 37.4. The highest BCUT2D eigenvalue weighted by molar-refractivity contribution is 5.95. The molecule has 0 bridgehead atoms. The number of rotatable bonds is 11. The van der Waals surface area contributed by atoms with E-state index >= 15 is 0 Å². The number of aryl methyl sites for hydroxylation is 1. The van der Waals surface area contributed by atoms with Gasteiger partial charge in [0.15, 0.2) is 0 Å². The molecule has 4 rings (SSSR count). The van der Waals surface area contributed by atoms with Gasteiger partial charge >= 0.3 is 11.4 Å². The van der Waals surface area contributed by atoms with Crippen molar-refractivity contribution in [2.24, 2.45) is 0 Å². The quantitative estimate of drug-likeness (QED) is 0.265. The first-order valence-corrected chi connectivity index (χ1v) is 13.2. The second-order valence-corrected chi connectivity index (χ2v) is 10.6. The number of benzene rings is 3. The second kappa shape index (κ2) is 12.7. The van der Waals surface area contributed by atoms with Gasteiger partial charge in [0.05, 0.1) is 12.1 Å². The molecule has 0 aliphatic rings. The van der Waals surface area contributed by atoms with Gasteiger partial charge in [-0.1, -0.05) is 36.4 Å². The number of hydrogen-bond donors (Lipinski definition) is 2. The van der Waals surface area contributed by atoms with Crippen LogP contribution in [-0.4, -0.2) is 34.4 Å². The Hall–Kier alpha value is -4.37. The highest BCUT2D eigenvalue weighted by Crippen LogP contribution is 2.26. The monoisotopic (exact) mass is 545 g/mol. The third-order valence-electron chi connectivity index (χ3n) is 6.15. The number of hydrogen-bond acceptors (Lipinski definition) is 6. The summed E-state index contributed by atoms with van der Waals surface area (Å²) >= 11 is 0. The first-order chi connectivity index (χ1) is 19.1. The molecule has 210 valence electrons. The number of carbonyl (C=O) groups is 1. The third-order valence-corrected chi connectivity index (χ3v) is 6.15. The molecule has 0 unspecified atom stereocenters. The highest BCUT2D eigenvalue weighted by atomic mass is 16.5. The minimum Gasteiger partial charge on any atom is -0.489 e. The molecule has 2 N–H and O–H groups in total. The lowest BCUT2D eigenvalue weighted by atomic mass is 9.97. The summed E-state index contributed by atoms with van der Waals surface area (Å²) < 4.78 is 17.4. The van der Waals surface area contributed by atoms with E-state index in [2.05, 4.69) is 16.4 Å². The van der Waals surface area contributed by atoms with Crippen LogP contribution in [0.2, 0.25) is 0 Å². The number of aromatic nitrogens is 2. The molecule has 9 heteroatoms. The van der Waals surface area contributed by atoms with E-state index in [1.54, 1.807) is 12.1 Å². The minimum absolute atomic E-state index is 0.0942. The van der Waals surface area contributed by atoms with E-state index in [0.717, 1.165) is 39.0 Å². The Morgan fingerprint density at radius 1 is 1.00 bits per heavy atom. The Kier molecular flexibility index (Phi) is 9.06. The summed E-state index contributed by atoms with van der Waals surface area (Å²) in [6.07, 6.45) is 0.757. The number of aromatic amines is 1. The summed E-state index contributed by atoms with van der Waals surface area (Å²) in [5.74, 6) is -0.200. The lowest BCUT2D eigenvalue weighted by molar-refractivity contribution is -0.00364. The van der Waals surface area contributed by atoms with Crippen molar-refractivity contribution in [3.63, 3.8) is 0 Å². The fraction of sp³-hybridized carbons (Fsp3) is 0.323. The Bertz CT molecular complexity index is 1560. The van der Waals surface area contributed by atoms with Crippen LogP contribution < -0.4 is 21.5 Å². The Balaban J connectivity index is 1.32. The predicted molar refractivity (Wildman–Crippen MR) is 153 cm³/mol. The standard InChI is InChI=1S/C31H35N3O6/c1-21-17-25(28(35)32-15-6-16-39-31(2,3)4)11-14-27(21)24-8-5-7-23(18-24)20-38-26-12-9-22(10-13-26)19-34-29(36)33-30(37)40-34/h5,7-14,17-18H,6,15-16,19-20H2,1-4H3,(H,32,35)(H,33,36,37). The molecule has 1 heterocycles. The van der Waals surface area contributed by atoms with Crippen molar-refractivity contribution in [1.82, 2.24) is 15.0 Å². The average Bonchev–Trinajstić information content (AvgIpc) is 3.23. The van der Waals surface area contributed by atoms with Crippen LogP contribution in [0.1, 0.15) is 54.2 Å². The molecule has 0 aliphatic carbocycles. The van der Waals surface area contributed by atoms with Gasteiger partial charge in [-0.05, 0) is 92.3 Å². The normalized spacial score (nSPS) is 11.4. The maximum Gasteiger partial charge on any atom is 0.440 e. The highest BCUT2D eigenvalue weighted by Gasteiger charge is 2.11. The van der Waals surface area contributed by atoms with Gasteiger partial charge in [0, 0.05) is 18.7 Å². The maximum absolute atomic E-state index is 12.6. The van der Waals surface area contributed by atoms with Crippen molar-refractivity contribution in [3.05, 3.63) is 110 Å². The van der Waals surface area contributed by atoms with Crippen LogP contribution in [0.4, 0.5) is 0 Å². The van der Waals surface area contributed by atoms with Crippen molar-refractivity contribution < 1.29 is 18.8 Å². The topological polar surface area (TPSA) is 116 Å². The summed E-state index contributed by atoms with van der Waals surface area (Å²) in [5.41, 5.74) is 4.76. The van der Waals surface area contributed by atoms with Crippen LogP contribution in [0.3, 0.4) is 0 Å². The zero-order valence-corrected chi connectivity index (χ0v) is 23.3. The zero-order valence-electron chi connectivity index (χ0n) is 23.3. The van der Waals surface area contributed by atoms with Crippen LogP contribution in [-0.2, 0) is 17.9 Å². The molecular weight excluding hydrogens is 510 g/mol. The number of nitrogens with zero attached hydrogens (tertiary/aromatic N) is 1. The van der Waals surface area contributed by atoms with Crippen LogP contribution >= 0.6 is 0 Å². The summed E-state index contributed by atoms with van der Waals surface area (Å²) in [7, 11) is 0. The largest absolute Gasteiger partial charge is 0.489 e. The van der Waals surface area contributed by atoms with Gasteiger partial charge in [0.25, 0.3) is 5.91 Å². The summed E-state index contributed by atoms with van der Waals surface area (Å²) in [6, 6.07) is 21.1. The Morgan fingerprint density at radius 2 is 1.77 bits per heavy atom. The molecule has 0 radical (unpaired) electrons. The molecule has 0 spiro atoms. The van der Waals surface area contributed by atoms with Crippen molar-refractivity contribution in [1.29, 1.82) is 0 Å². The number of H-pyrrole nitrogens is 1. The van der Waals surface area contributed by atoms with Gasteiger partial charge < -0.3 is 19.3 Å². The first kappa shape index (κ1) is 28.6. The van der Waals surface area contributed by atoms with E-state index in [0.29, 0.717) is 31.1 Å². The van der Waals surface area contributed by atoms with Gasteiger partial charge in [0.2, 0.25) is 0 Å². The minimum atomic E-state index is -0.780. The maximum atomic E-state index is 12.6. The van der Waals surface area contributed by atoms with Crippen LogP contribution in [0.15, 0.2) is 80.8 Å². The van der Waals surface area contributed by atoms with Gasteiger partial charge in [0.1, 0.15) is 12.4 Å². The molecule has 0 saturated heterocycles. The third kappa shape index (κ3) is 8.07. The van der Waals surface area contributed by atoms with E-state index in [9.17, 15) is 14.4 Å². The van der Waals surface area contributed by atoms with E-state index in [-0.39, 0.29) is 18.1 Å². The molecule has 3 aromatic carbocycles. The van der Waals surface area contributed by atoms with Crippen molar-refractivity contribution in [3.8, 4) is 16.9 Å². The van der Waals surface area contributed by atoms with Gasteiger partial charge in [-0.3, -0.25) is 4.79 Å². The SMILES string of the molecule is Cc1cc(C(=O)NCCCOC(C)(C)C)ccc1-c1cccc(COc2ccc(Cn3oc(=O)[nH]c3=O)cc2)c1. The molecule has 4 aromatic rings. The molecule has 1 aromatic heterocycles. The lowest BCUT2D eigenvalue weighted by Crippen LogP contribution is -2.27. The molecule has 9 nitrogen and oxygen atoms in total. The molecule has 40 heavy (non-hydrogen) atoms. The molecule has 1 amide bonds. The lowest BCUT2D eigenvalue weighted by Gasteiger charge is -2.19. The summed E-state index contributed by atoms with van der Waals surface area (Å²) in [5, 5.41) is 2.96. The molecule has 0 fully saturated rings. The van der Waals surface area contributed by atoms with E-state index in [1.165, 1.54) is 0 Å². The average molecular weight is 546 g/mol. The van der Waals surface area contributed by atoms with Crippen molar-refractivity contribution in [2.75, 3.05) is 13.2 Å². The van der Waals surface area contributed by atoms with E-state index < -0.39 is 11.4 Å². The number of ether oxygens (including phenoxy) is 2. The van der Waals surface area contributed by atoms with E-state index in [4.69, 9.17) is 14.0 Å². The van der Waals surface area contributed by atoms with Crippen molar-refractivity contribution in [2.45, 2.75) is 52.9 Å². The Labute approximate surface area is 232 Å². The van der Waals surface area contributed by atoms with Gasteiger partial charge in [-0.2, -0.15) is 0 Å². The number of carbonyl (C=O) groups excluding carboxylic acids is 1. The van der Waals surface area contributed by atoms with E-state index in [1.807, 2.05) is 76.2 Å². The fourth-order valence-electron chi connectivity index (χ4n) is 4.15. The summed E-state index contributed by atoms with van der Waals surface area (Å²) in [6.45, 7) is 9.72. The molecule has 0 atom stereocenters. The van der Waals surface area contributed by atoms with Gasteiger partial charge in [-0.15, -0.1) is 4.74 Å². The number of nitrogens with one attached hydrogen (secondary N) is 2. The zero-order chi connectivity index (χ0) is 28.7. The fourth-order valence-corrected chi connectivity index (χ4v) is 4.15. The Morgan fingerprint density at radius 3 is 2.45 bits per heavy atom. The second-order valence-electron chi connectivity index (χ2n) is 10.6.